The molecular formula is C14H9Cl2FO. The zero-order valence-corrected chi connectivity index (χ0v) is 10.8. The summed E-state index contributed by atoms with van der Waals surface area (Å²) >= 11 is 11.7. The Balaban J connectivity index is 2.28. The first kappa shape index (κ1) is 13.1. The lowest BCUT2D eigenvalue weighted by Gasteiger charge is -2.05. The van der Waals surface area contributed by atoms with Gasteiger partial charge in [0.05, 0.1) is 5.02 Å². The average molecular weight is 283 g/mol. The molecular weight excluding hydrogens is 274 g/mol. The summed E-state index contributed by atoms with van der Waals surface area (Å²) in [4.78, 5) is 12.0. The Morgan fingerprint density at radius 3 is 2.50 bits per heavy atom. The Bertz CT molecular complexity index is 596. The molecule has 0 unspecified atom stereocenters. The van der Waals surface area contributed by atoms with Crippen LogP contribution in [0.25, 0.3) is 0 Å². The van der Waals surface area contributed by atoms with Crippen molar-refractivity contribution >= 4 is 29.0 Å². The third kappa shape index (κ3) is 2.71. The maximum atomic E-state index is 13.2. The van der Waals surface area contributed by atoms with Gasteiger partial charge in [-0.05, 0) is 23.8 Å². The van der Waals surface area contributed by atoms with Gasteiger partial charge < -0.3 is 0 Å². The summed E-state index contributed by atoms with van der Waals surface area (Å²) < 4.78 is 13.2. The van der Waals surface area contributed by atoms with Crippen LogP contribution in [0.3, 0.4) is 0 Å². The van der Waals surface area contributed by atoms with E-state index < -0.39 is 5.82 Å². The molecule has 0 radical (unpaired) electrons. The van der Waals surface area contributed by atoms with Gasteiger partial charge in [-0.3, -0.25) is 4.79 Å². The first-order valence-corrected chi connectivity index (χ1v) is 6.06. The van der Waals surface area contributed by atoms with E-state index >= 15 is 0 Å². The maximum absolute atomic E-state index is 13.2. The molecule has 0 bridgehead atoms. The van der Waals surface area contributed by atoms with Gasteiger partial charge in [-0.25, -0.2) is 4.39 Å². The minimum atomic E-state index is -0.596. The molecule has 0 N–H and O–H groups in total. The molecule has 0 amide bonds. The fourth-order valence-electron chi connectivity index (χ4n) is 1.63. The zero-order valence-electron chi connectivity index (χ0n) is 9.29. The lowest BCUT2D eigenvalue weighted by atomic mass is 10.0. The van der Waals surface area contributed by atoms with Gasteiger partial charge in [-0.15, -0.1) is 0 Å². The van der Waals surface area contributed by atoms with E-state index in [0.717, 1.165) is 0 Å². The SMILES string of the molecule is O=C(Cc1ccccc1Cl)c1cccc(F)c1Cl. The summed E-state index contributed by atoms with van der Waals surface area (Å²) in [6.07, 6.45) is 0.100. The predicted octanol–water partition coefficient (Wildman–Crippen LogP) is 4.56. The summed E-state index contributed by atoms with van der Waals surface area (Å²) in [5.41, 5.74) is 0.876. The Labute approximate surface area is 114 Å². The number of benzene rings is 2. The van der Waals surface area contributed by atoms with E-state index in [2.05, 4.69) is 0 Å². The Morgan fingerprint density at radius 2 is 1.78 bits per heavy atom. The van der Waals surface area contributed by atoms with Crippen LogP contribution in [0.4, 0.5) is 4.39 Å². The van der Waals surface area contributed by atoms with Gasteiger partial charge in [0.25, 0.3) is 0 Å². The number of hydrogen-bond donors (Lipinski definition) is 0. The van der Waals surface area contributed by atoms with E-state index in [4.69, 9.17) is 23.2 Å². The summed E-state index contributed by atoms with van der Waals surface area (Å²) in [6.45, 7) is 0. The minimum Gasteiger partial charge on any atom is -0.294 e. The van der Waals surface area contributed by atoms with Gasteiger partial charge in [0, 0.05) is 17.0 Å². The summed E-state index contributed by atoms with van der Waals surface area (Å²) in [7, 11) is 0. The van der Waals surface area contributed by atoms with Crippen molar-refractivity contribution in [3.63, 3.8) is 0 Å². The van der Waals surface area contributed by atoms with Gasteiger partial charge in [0.1, 0.15) is 5.82 Å². The second kappa shape index (κ2) is 5.51. The van der Waals surface area contributed by atoms with Crippen LogP contribution in [-0.2, 0) is 6.42 Å². The zero-order chi connectivity index (χ0) is 13.1. The molecule has 0 aliphatic carbocycles. The molecule has 0 spiro atoms. The van der Waals surface area contributed by atoms with Crippen molar-refractivity contribution < 1.29 is 9.18 Å². The van der Waals surface area contributed by atoms with Crippen molar-refractivity contribution in [1.29, 1.82) is 0 Å². The second-order valence-corrected chi connectivity index (χ2v) is 4.58. The third-order valence-corrected chi connectivity index (χ3v) is 3.31. The van der Waals surface area contributed by atoms with Crippen LogP contribution >= 0.6 is 23.2 Å². The Hall–Kier alpha value is -1.38. The van der Waals surface area contributed by atoms with E-state index in [0.29, 0.717) is 10.6 Å². The molecule has 18 heavy (non-hydrogen) atoms. The van der Waals surface area contributed by atoms with Crippen molar-refractivity contribution in [2.24, 2.45) is 0 Å². The third-order valence-electron chi connectivity index (χ3n) is 2.56. The van der Waals surface area contributed by atoms with Crippen molar-refractivity contribution in [3.05, 3.63) is 69.5 Å². The summed E-state index contributed by atoms with van der Waals surface area (Å²) in [5, 5.41) is 0.368. The number of halogens is 3. The van der Waals surface area contributed by atoms with Gasteiger partial charge in [0.15, 0.2) is 5.78 Å². The van der Waals surface area contributed by atoms with Crippen LogP contribution in [0.2, 0.25) is 10.0 Å². The number of hydrogen-bond acceptors (Lipinski definition) is 1. The normalized spacial score (nSPS) is 10.4. The first-order valence-electron chi connectivity index (χ1n) is 5.30. The molecule has 2 aromatic rings. The summed E-state index contributed by atoms with van der Waals surface area (Å²) in [6, 6.07) is 11.2. The van der Waals surface area contributed by atoms with Gasteiger partial charge >= 0.3 is 0 Å². The number of Topliss-reactive ketones (excluding diaryl/α,β-unsaturated/α-hetero) is 1. The van der Waals surface area contributed by atoms with Crippen LogP contribution in [0.15, 0.2) is 42.5 Å². The highest BCUT2D eigenvalue weighted by Crippen LogP contribution is 2.23. The largest absolute Gasteiger partial charge is 0.294 e. The lowest BCUT2D eigenvalue weighted by Crippen LogP contribution is -2.05. The molecule has 4 heteroatoms. The number of carbonyl (C=O) groups is 1. The second-order valence-electron chi connectivity index (χ2n) is 3.79. The van der Waals surface area contributed by atoms with Gasteiger partial charge in [0.2, 0.25) is 0 Å². The molecule has 0 aliphatic heterocycles. The van der Waals surface area contributed by atoms with E-state index in [1.807, 2.05) is 0 Å². The van der Waals surface area contributed by atoms with E-state index in [-0.39, 0.29) is 22.8 Å². The molecule has 0 fully saturated rings. The number of rotatable bonds is 3. The molecule has 0 saturated carbocycles. The molecule has 1 nitrogen and oxygen atoms in total. The van der Waals surface area contributed by atoms with Crippen LogP contribution in [0.5, 0.6) is 0 Å². The van der Waals surface area contributed by atoms with Gasteiger partial charge in [-0.2, -0.15) is 0 Å². The lowest BCUT2D eigenvalue weighted by molar-refractivity contribution is 0.0992. The van der Waals surface area contributed by atoms with Crippen LogP contribution in [0.1, 0.15) is 15.9 Å². The minimum absolute atomic E-state index is 0.100. The molecule has 0 atom stereocenters. The average Bonchev–Trinajstić information content (AvgIpc) is 2.35. The summed E-state index contributed by atoms with van der Waals surface area (Å²) in [5.74, 6) is -0.853. The molecule has 0 aliphatic rings. The van der Waals surface area contributed by atoms with E-state index in [1.54, 1.807) is 24.3 Å². The molecule has 92 valence electrons. The van der Waals surface area contributed by atoms with Crippen molar-refractivity contribution in [3.8, 4) is 0 Å². The quantitative estimate of drug-likeness (QED) is 0.755. The fourth-order valence-corrected chi connectivity index (χ4v) is 2.06. The highest BCUT2D eigenvalue weighted by Gasteiger charge is 2.14. The first-order chi connectivity index (χ1) is 8.59. The van der Waals surface area contributed by atoms with Crippen LogP contribution in [-0.4, -0.2) is 5.78 Å². The molecule has 2 rings (SSSR count). The topological polar surface area (TPSA) is 17.1 Å². The highest BCUT2D eigenvalue weighted by atomic mass is 35.5. The number of ketones is 1. The van der Waals surface area contributed by atoms with Crippen molar-refractivity contribution in [2.75, 3.05) is 0 Å². The number of carbonyl (C=O) groups excluding carboxylic acids is 1. The molecule has 0 aromatic heterocycles. The Morgan fingerprint density at radius 1 is 1.06 bits per heavy atom. The predicted molar refractivity (Wildman–Crippen MR) is 70.9 cm³/mol. The highest BCUT2D eigenvalue weighted by molar-refractivity contribution is 6.34. The van der Waals surface area contributed by atoms with Crippen LogP contribution < -0.4 is 0 Å². The van der Waals surface area contributed by atoms with Crippen LogP contribution in [0, 0.1) is 5.82 Å². The smallest absolute Gasteiger partial charge is 0.168 e. The molecule has 2 aromatic carbocycles. The molecule has 0 saturated heterocycles. The monoisotopic (exact) mass is 282 g/mol. The van der Waals surface area contributed by atoms with Gasteiger partial charge in [-0.1, -0.05) is 47.5 Å². The van der Waals surface area contributed by atoms with Crippen molar-refractivity contribution in [2.45, 2.75) is 6.42 Å². The van der Waals surface area contributed by atoms with E-state index in [9.17, 15) is 9.18 Å². The standard InChI is InChI=1S/C14H9Cl2FO/c15-11-6-2-1-4-9(11)8-13(18)10-5-3-7-12(17)14(10)16/h1-7H,8H2. The fraction of sp³-hybridized carbons (Fsp3) is 0.0714. The molecule has 0 heterocycles. The maximum Gasteiger partial charge on any atom is 0.168 e. The Kier molecular flexibility index (Phi) is 4.00. The van der Waals surface area contributed by atoms with Crippen molar-refractivity contribution in [1.82, 2.24) is 0 Å². The van der Waals surface area contributed by atoms with E-state index in [1.165, 1.54) is 18.2 Å².